The average molecular weight is 182 g/mol. The van der Waals surface area contributed by atoms with Crippen molar-refractivity contribution in [2.45, 2.75) is 25.8 Å². The van der Waals surface area contributed by atoms with Gasteiger partial charge >= 0.3 is 0 Å². The zero-order chi connectivity index (χ0) is 9.26. The third-order valence-corrected chi connectivity index (χ3v) is 2.16. The molecule has 2 rings (SSSR count). The maximum Gasteiger partial charge on any atom is 0.241 e. The Labute approximate surface area is 77.0 Å². The van der Waals surface area contributed by atoms with Gasteiger partial charge in [-0.2, -0.15) is 0 Å². The van der Waals surface area contributed by atoms with E-state index in [-0.39, 0.29) is 11.8 Å². The molecule has 1 amide bonds. The van der Waals surface area contributed by atoms with Gasteiger partial charge in [-0.05, 0) is 19.8 Å². The number of aliphatic imine (C=N–C) groups is 1. The summed E-state index contributed by atoms with van der Waals surface area (Å²) in [7, 11) is 0. The number of hydrogen-bond acceptors (Lipinski definition) is 4. The molecule has 72 valence electrons. The fourth-order valence-corrected chi connectivity index (χ4v) is 1.20. The molecule has 3 N–H and O–H groups in total. The van der Waals surface area contributed by atoms with Gasteiger partial charge in [0.1, 0.15) is 0 Å². The molecule has 1 aliphatic carbocycles. The molecule has 13 heavy (non-hydrogen) atoms. The van der Waals surface area contributed by atoms with Crippen molar-refractivity contribution in [3.8, 4) is 0 Å². The largest absolute Gasteiger partial charge is 0.351 e. The standard InChI is InChI=1S/C8H14N4O/c1-5-4-9-8(10-5)12-11-7(13)6-2-3-6/h5-6H,2-4H2,1H3,(H,11,13)(H2,9,10,12). The Morgan fingerprint density at radius 1 is 1.62 bits per heavy atom. The number of amides is 1. The Hall–Kier alpha value is -1.26. The number of nitrogens with one attached hydrogen (secondary N) is 3. The van der Waals surface area contributed by atoms with Gasteiger partial charge in [-0.1, -0.05) is 0 Å². The third-order valence-electron chi connectivity index (χ3n) is 2.16. The van der Waals surface area contributed by atoms with Crippen LogP contribution >= 0.6 is 0 Å². The van der Waals surface area contributed by atoms with Crippen LogP contribution in [-0.4, -0.2) is 24.5 Å². The average Bonchev–Trinajstić information content (AvgIpc) is 2.87. The minimum Gasteiger partial charge on any atom is -0.351 e. The van der Waals surface area contributed by atoms with Crippen LogP contribution in [0.25, 0.3) is 0 Å². The molecule has 2 aliphatic rings. The van der Waals surface area contributed by atoms with Gasteiger partial charge in [0, 0.05) is 12.0 Å². The summed E-state index contributed by atoms with van der Waals surface area (Å²) in [5.41, 5.74) is 5.40. The van der Waals surface area contributed by atoms with Crippen molar-refractivity contribution >= 4 is 11.9 Å². The summed E-state index contributed by atoms with van der Waals surface area (Å²) < 4.78 is 0. The number of nitrogens with zero attached hydrogens (tertiary/aromatic N) is 1. The second-order valence-electron chi connectivity index (χ2n) is 3.62. The molecule has 1 unspecified atom stereocenters. The summed E-state index contributed by atoms with van der Waals surface area (Å²) in [6, 6.07) is 0.361. The van der Waals surface area contributed by atoms with Crippen LogP contribution in [0.15, 0.2) is 4.99 Å². The molecular weight excluding hydrogens is 168 g/mol. The van der Waals surface area contributed by atoms with E-state index in [1.165, 1.54) is 0 Å². The van der Waals surface area contributed by atoms with E-state index in [9.17, 15) is 4.79 Å². The van der Waals surface area contributed by atoms with E-state index in [4.69, 9.17) is 0 Å². The topological polar surface area (TPSA) is 65.5 Å². The molecule has 1 heterocycles. The molecule has 1 atom stereocenters. The van der Waals surface area contributed by atoms with E-state index >= 15 is 0 Å². The minimum absolute atomic E-state index is 0.0732. The summed E-state index contributed by atoms with van der Waals surface area (Å²) in [6.07, 6.45) is 2.04. The number of rotatable bonds is 1. The molecule has 1 fully saturated rings. The van der Waals surface area contributed by atoms with E-state index in [0.29, 0.717) is 12.0 Å². The number of hydrazine groups is 1. The van der Waals surface area contributed by atoms with Gasteiger partial charge in [-0.15, -0.1) is 0 Å². The predicted octanol–water partition coefficient (Wildman–Crippen LogP) is -0.635. The number of carbonyl (C=O) groups excluding carboxylic acids is 1. The molecule has 5 heteroatoms. The Bertz CT molecular complexity index is 247. The summed E-state index contributed by atoms with van der Waals surface area (Å²) in [5.74, 6) is 0.970. The lowest BCUT2D eigenvalue weighted by Gasteiger charge is -2.09. The monoisotopic (exact) mass is 182 g/mol. The lowest BCUT2D eigenvalue weighted by molar-refractivity contribution is -0.122. The Kier molecular flexibility index (Phi) is 2.08. The summed E-state index contributed by atoms with van der Waals surface area (Å²) in [5, 5.41) is 3.09. The van der Waals surface area contributed by atoms with Crippen molar-refractivity contribution in [1.82, 2.24) is 16.2 Å². The Morgan fingerprint density at radius 2 is 2.38 bits per heavy atom. The van der Waals surface area contributed by atoms with Crippen LogP contribution in [-0.2, 0) is 4.79 Å². The van der Waals surface area contributed by atoms with Crippen LogP contribution in [0.1, 0.15) is 19.8 Å². The smallest absolute Gasteiger partial charge is 0.241 e. The predicted molar refractivity (Wildman–Crippen MR) is 48.9 cm³/mol. The first-order chi connectivity index (χ1) is 6.25. The van der Waals surface area contributed by atoms with Crippen LogP contribution < -0.4 is 16.2 Å². The van der Waals surface area contributed by atoms with Crippen molar-refractivity contribution in [2.75, 3.05) is 6.54 Å². The van der Waals surface area contributed by atoms with E-state index in [0.717, 1.165) is 19.4 Å². The molecule has 0 radical (unpaired) electrons. The van der Waals surface area contributed by atoms with Crippen LogP contribution in [0.4, 0.5) is 0 Å². The molecule has 1 aliphatic heterocycles. The van der Waals surface area contributed by atoms with Crippen molar-refractivity contribution in [3.63, 3.8) is 0 Å². The molecule has 0 spiro atoms. The Balaban J connectivity index is 1.70. The highest BCUT2D eigenvalue weighted by molar-refractivity contribution is 5.86. The SMILES string of the molecule is CC1CN=C(NNC(=O)C2CC2)N1. The van der Waals surface area contributed by atoms with Gasteiger partial charge < -0.3 is 5.32 Å². The Morgan fingerprint density at radius 3 is 2.92 bits per heavy atom. The highest BCUT2D eigenvalue weighted by Gasteiger charge is 2.29. The molecule has 0 aromatic carbocycles. The number of carbonyl (C=O) groups is 1. The van der Waals surface area contributed by atoms with Crippen LogP contribution in [0.2, 0.25) is 0 Å². The molecule has 0 saturated heterocycles. The fourth-order valence-electron chi connectivity index (χ4n) is 1.20. The van der Waals surface area contributed by atoms with Crippen LogP contribution in [0.3, 0.4) is 0 Å². The van der Waals surface area contributed by atoms with Gasteiger partial charge in [-0.3, -0.25) is 15.6 Å². The fraction of sp³-hybridized carbons (Fsp3) is 0.750. The maximum atomic E-state index is 11.2. The lowest BCUT2D eigenvalue weighted by atomic mass is 10.4. The highest BCUT2D eigenvalue weighted by Crippen LogP contribution is 2.28. The molecule has 0 aromatic heterocycles. The van der Waals surface area contributed by atoms with Crippen molar-refractivity contribution < 1.29 is 4.79 Å². The second kappa shape index (κ2) is 3.24. The first-order valence-electron chi connectivity index (χ1n) is 4.62. The van der Waals surface area contributed by atoms with E-state index in [1.807, 2.05) is 6.92 Å². The van der Waals surface area contributed by atoms with Crippen molar-refractivity contribution in [2.24, 2.45) is 10.9 Å². The van der Waals surface area contributed by atoms with Gasteiger partial charge in [0.15, 0.2) is 0 Å². The van der Waals surface area contributed by atoms with Gasteiger partial charge in [0.05, 0.1) is 6.54 Å². The van der Waals surface area contributed by atoms with Gasteiger partial charge in [0.2, 0.25) is 11.9 Å². The van der Waals surface area contributed by atoms with Gasteiger partial charge in [-0.25, -0.2) is 4.99 Å². The van der Waals surface area contributed by atoms with Crippen molar-refractivity contribution in [3.05, 3.63) is 0 Å². The van der Waals surface area contributed by atoms with E-state index in [1.54, 1.807) is 0 Å². The molecule has 0 aromatic rings. The summed E-state index contributed by atoms with van der Waals surface area (Å²) in [4.78, 5) is 15.3. The summed E-state index contributed by atoms with van der Waals surface area (Å²) in [6.45, 7) is 2.81. The quantitative estimate of drug-likeness (QED) is 0.473. The first kappa shape index (κ1) is 8.34. The molecule has 1 saturated carbocycles. The minimum atomic E-state index is 0.0732. The third kappa shape index (κ3) is 2.11. The summed E-state index contributed by atoms with van der Waals surface area (Å²) >= 11 is 0. The number of hydrogen-bond donors (Lipinski definition) is 3. The van der Waals surface area contributed by atoms with Crippen LogP contribution in [0.5, 0.6) is 0 Å². The first-order valence-corrected chi connectivity index (χ1v) is 4.62. The van der Waals surface area contributed by atoms with Gasteiger partial charge in [0.25, 0.3) is 0 Å². The zero-order valence-corrected chi connectivity index (χ0v) is 7.63. The highest BCUT2D eigenvalue weighted by atomic mass is 16.2. The maximum absolute atomic E-state index is 11.2. The molecule has 0 bridgehead atoms. The normalized spacial score (nSPS) is 26.2. The van der Waals surface area contributed by atoms with Crippen LogP contribution in [0, 0.1) is 5.92 Å². The molecular formula is C8H14N4O. The van der Waals surface area contributed by atoms with E-state index < -0.39 is 0 Å². The zero-order valence-electron chi connectivity index (χ0n) is 7.63. The second-order valence-corrected chi connectivity index (χ2v) is 3.62. The molecule has 5 nitrogen and oxygen atoms in total. The van der Waals surface area contributed by atoms with Crippen molar-refractivity contribution in [1.29, 1.82) is 0 Å². The van der Waals surface area contributed by atoms with E-state index in [2.05, 4.69) is 21.2 Å². The number of guanidine groups is 1. The lowest BCUT2D eigenvalue weighted by Crippen LogP contribution is -2.48.